The number of likely N-dealkylation sites (N-methyl/N-ethyl adjacent to an activating group) is 1. The summed E-state index contributed by atoms with van der Waals surface area (Å²) < 4.78 is 7.25. The van der Waals surface area contributed by atoms with Gasteiger partial charge in [0, 0.05) is 37.5 Å². The molecule has 1 aromatic heterocycles. The third kappa shape index (κ3) is 4.11. The highest BCUT2D eigenvalue weighted by Crippen LogP contribution is 2.27. The molecule has 2 heterocycles. The molecule has 7 nitrogen and oxygen atoms in total. The average molecular weight is 343 g/mol. The Morgan fingerprint density at radius 3 is 2.96 bits per heavy atom. The summed E-state index contributed by atoms with van der Waals surface area (Å²) in [7, 11) is 5.73. The van der Waals surface area contributed by atoms with E-state index in [1.807, 2.05) is 49.2 Å². The van der Waals surface area contributed by atoms with Crippen LogP contribution in [0, 0.1) is 0 Å². The van der Waals surface area contributed by atoms with Gasteiger partial charge in [0.25, 0.3) is 0 Å². The van der Waals surface area contributed by atoms with Gasteiger partial charge in [-0.2, -0.15) is 5.10 Å². The first-order chi connectivity index (χ1) is 12.1. The smallest absolute Gasteiger partial charge is 0.323 e. The molecule has 2 amide bonds. The van der Waals surface area contributed by atoms with Crippen molar-refractivity contribution in [2.75, 3.05) is 39.6 Å². The molecule has 25 heavy (non-hydrogen) atoms. The Balaban J connectivity index is 1.61. The van der Waals surface area contributed by atoms with Crippen molar-refractivity contribution in [2.45, 2.75) is 19.5 Å². The topological polar surface area (TPSA) is 62.6 Å². The second-order valence-corrected chi connectivity index (χ2v) is 6.47. The molecule has 134 valence electrons. The number of carbonyl (C=O) groups is 1. The molecule has 0 bridgehead atoms. The Morgan fingerprint density at radius 1 is 1.36 bits per heavy atom. The molecule has 0 saturated heterocycles. The molecule has 0 spiro atoms. The lowest BCUT2D eigenvalue weighted by Crippen LogP contribution is -2.39. The highest BCUT2D eigenvalue weighted by molar-refractivity contribution is 5.88. The Hall–Kier alpha value is -2.54. The number of urea groups is 1. The molecule has 1 aliphatic heterocycles. The molecule has 1 aliphatic rings. The number of ether oxygens (including phenoxy) is 1. The monoisotopic (exact) mass is 343 g/mol. The van der Waals surface area contributed by atoms with Crippen LogP contribution in [0.25, 0.3) is 0 Å². The van der Waals surface area contributed by atoms with E-state index in [4.69, 9.17) is 4.74 Å². The lowest BCUT2D eigenvalue weighted by Gasteiger charge is -2.29. The number of hydrogen-bond acceptors (Lipinski definition) is 4. The van der Waals surface area contributed by atoms with E-state index in [1.165, 1.54) is 5.56 Å². The fraction of sp³-hybridized carbons (Fsp3) is 0.444. The van der Waals surface area contributed by atoms with Gasteiger partial charge in [-0.15, -0.1) is 0 Å². The minimum Gasteiger partial charge on any atom is -0.496 e. The lowest BCUT2D eigenvalue weighted by atomic mass is 9.99. The molecule has 1 aromatic carbocycles. The van der Waals surface area contributed by atoms with Crippen LogP contribution in [0.1, 0.15) is 11.1 Å². The fourth-order valence-corrected chi connectivity index (χ4v) is 2.98. The summed E-state index contributed by atoms with van der Waals surface area (Å²) in [5.74, 6) is 1.48. The van der Waals surface area contributed by atoms with Gasteiger partial charge in [-0.3, -0.25) is 10.00 Å². The van der Waals surface area contributed by atoms with E-state index in [0.717, 1.165) is 30.8 Å². The van der Waals surface area contributed by atoms with E-state index in [9.17, 15) is 4.79 Å². The van der Waals surface area contributed by atoms with Gasteiger partial charge < -0.3 is 14.5 Å². The van der Waals surface area contributed by atoms with Crippen molar-refractivity contribution >= 4 is 11.8 Å². The number of methoxy groups -OCH3 is 1. The Kier molecular flexibility index (Phi) is 5.23. The minimum atomic E-state index is -0.119. The number of fused-ring (bicyclic) bond motifs is 1. The molecular formula is C18H25N5O2. The van der Waals surface area contributed by atoms with Crippen molar-refractivity contribution in [3.63, 3.8) is 0 Å². The Labute approximate surface area is 148 Å². The summed E-state index contributed by atoms with van der Waals surface area (Å²) in [5, 5.41) is 7.29. The second kappa shape index (κ2) is 7.57. The van der Waals surface area contributed by atoms with E-state index in [0.29, 0.717) is 18.9 Å². The van der Waals surface area contributed by atoms with Gasteiger partial charge in [-0.05, 0) is 32.1 Å². The molecule has 0 aliphatic carbocycles. The molecule has 1 N–H and O–H groups in total. The van der Waals surface area contributed by atoms with Crippen LogP contribution in [0.15, 0.2) is 30.5 Å². The predicted octanol–water partition coefficient (Wildman–Crippen LogP) is 2.04. The van der Waals surface area contributed by atoms with E-state index >= 15 is 0 Å². The van der Waals surface area contributed by atoms with E-state index in [-0.39, 0.29) is 6.03 Å². The summed E-state index contributed by atoms with van der Waals surface area (Å²) in [5.41, 5.74) is 2.33. The number of carbonyl (C=O) groups excluding carboxylic acids is 1. The van der Waals surface area contributed by atoms with Gasteiger partial charge in [0.05, 0.1) is 13.7 Å². The van der Waals surface area contributed by atoms with Crippen LogP contribution < -0.4 is 10.1 Å². The van der Waals surface area contributed by atoms with E-state index in [2.05, 4.69) is 15.3 Å². The van der Waals surface area contributed by atoms with E-state index < -0.39 is 0 Å². The number of rotatable bonds is 5. The zero-order chi connectivity index (χ0) is 17.8. The third-order valence-corrected chi connectivity index (χ3v) is 4.38. The van der Waals surface area contributed by atoms with Crippen LogP contribution in [-0.4, -0.2) is 59.9 Å². The number of nitrogens with one attached hydrogen (secondary N) is 1. The van der Waals surface area contributed by atoms with E-state index in [1.54, 1.807) is 12.0 Å². The first kappa shape index (κ1) is 17.3. The minimum absolute atomic E-state index is 0.119. The van der Waals surface area contributed by atoms with Gasteiger partial charge in [0.1, 0.15) is 5.75 Å². The van der Waals surface area contributed by atoms with Gasteiger partial charge >= 0.3 is 6.03 Å². The maximum Gasteiger partial charge on any atom is 0.323 e. The van der Waals surface area contributed by atoms with Crippen LogP contribution in [-0.2, 0) is 19.5 Å². The van der Waals surface area contributed by atoms with Crippen LogP contribution in [0.2, 0.25) is 0 Å². The van der Waals surface area contributed by atoms with Gasteiger partial charge in [-0.25, -0.2) is 4.79 Å². The second-order valence-electron chi connectivity index (χ2n) is 6.47. The van der Waals surface area contributed by atoms with Crippen molar-refractivity contribution in [1.29, 1.82) is 0 Å². The van der Waals surface area contributed by atoms with Crippen LogP contribution in [0.5, 0.6) is 5.75 Å². The zero-order valence-corrected chi connectivity index (χ0v) is 15.0. The maximum atomic E-state index is 12.5. The molecule has 0 unspecified atom stereocenters. The number of hydrogen-bond donors (Lipinski definition) is 1. The molecule has 0 radical (unpaired) electrons. The van der Waals surface area contributed by atoms with Crippen molar-refractivity contribution < 1.29 is 9.53 Å². The molecule has 0 atom stereocenters. The Bertz CT molecular complexity index is 741. The van der Waals surface area contributed by atoms with Crippen LogP contribution in [0.3, 0.4) is 0 Å². The standard InChI is InChI=1S/C18H25N5O2/c1-21(2)11-12-23-10-8-17(20-23)19-18(24)22-9-7-15-14(13-22)5-4-6-16(15)25-3/h4-6,8,10H,7,9,11-13H2,1-3H3,(H,19,20,24). The SMILES string of the molecule is COc1cccc2c1CCN(C(=O)Nc1ccn(CCN(C)C)n1)C2. The number of nitrogens with zero attached hydrogens (tertiary/aromatic N) is 4. The molecule has 0 saturated carbocycles. The number of anilines is 1. The summed E-state index contributed by atoms with van der Waals surface area (Å²) in [4.78, 5) is 16.4. The summed E-state index contributed by atoms with van der Waals surface area (Å²) in [6.07, 6.45) is 2.68. The first-order valence-electron chi connectivity index (χ1n) is 8.45. The number of amides is 2. The number of benzene rings is 1. The van der Waals surface area contributed by atoms with Crippen LogP contribution >= 0.6 is 0 Å². The highest BCUT2D eigenvalue weighted by Gasteiger charge is 2.23. The fourth-order valence-electron chi connectivity index (χ4n) is 2.98. The van der Waals surface area contributed by atoms with Gasteiger partial charge in [0.15, 0.2) is 5.82 Å². The zero-order valence-electron chi connectivity index (χ0n) is 15.0. The predicted molar refractivity (Wildman–Crippen MR) is 96.9 cm³/mol. The quantitative estimate of drug-likeness (QED) is 0.902. The lowest BCUT2D eigenvalue weighted by molar-refractivity contribution is 0.205. The number of aromatic nitrogens is 2. The van der Waals surface area contributed by atoms with Gasteiger partial charge in [0.2, 0.25) is 0 Å². The molecule has 0 fully saturated rings. The van der Waals surface area contributed by atoms with Crippen molar-refractivity contribution in [2.24, 2.45) is 0 Å². The molecule has 3 rings (SSSR count). The molecular weight excluding hydrogens is 318 g/mol. The Morgan fingerprint density at radius 2 is 2.20 bits per heavy atom. The first-order valence-corrected chi connectivity index (χ1v) is 8.45. The van der Waals surface area contributed by atoms with Crippen molar-refractivity contribution in [3.05, 3.63) is 41.6 Å². The van der Waals surface area contributed by atoms with Crippen LogP contribution in [0.4, 0.5) is 10.6 Å². The summed E-state index contributed by atoms with van der Waals surface area (Å²) in [6, 6.07) is 7.69. The van der Waals surface area contributed by atoms with Crippen molar-refractivity contribution in [1.82, 2.24) is 19.6 Å². The average Bonchev–Trinajstić information content (AvgIpc) is 3.06. The molecule has 2 aromatic rings. The largest absolute Gasteiger partial charge is 0.496 e. The third-order valence-electron chi connectivity index (χ3n) is 4.38. The summed E-state index contributed by atoms with van der Waals surface area (Å²) >= 11 is 0. The van der Waals surface area contributed by atoms with Crippen molar-refractivity contribution in [3.8, 4) is 5.75 Å². The van der Waals surface area contributed by atoms with Gasteiger partial charge in [-0.1, -0.05) is 12.1 Å². The summed E-state index contributed by atoms with van der Waals surface area (Å²) in [6.45, 7) is 2.94. The highest BCUT2D eigenvalue weighted by atomic mass is 16.5. The normalized spacial score (nSPS) is 13.7. The molecule has 7 heteroatoms. The maximum absolute atomic E-state index is 12.5.